The zero-order valence-corrected chi connectivity index (χ0v) is 18.0. The number of rotatable bonds is 5. The third kappa shape index (κ3) is 3.97. The molecule has 0 spiro atoms. The van der Waals surface area contributed by atoms with Crippen LogP contribution in [0.3, 0.4) is 0 Å². The van der Waals surface area contributed by atoms with Crippen LogP contribution in [-0.4, -0.2) is 23.5 Å². The Bertz CT molecular complexity index is 1050. The number of thiophene rings is 1. The zero-order chi connectivity index (χ0) is 20.4. The lowest BCUT2D eigenvalue weighted by Crippen LogP contribution is -2.16. The third-order valence-corrected chi connectivity index (χ3v) is 7.09. The van der Waals surface area contributed by atoms with Gasteiger partial charge in [0.05, 0.1) is 22.1 Å². The molecule has 0 saturated carbocycles. The number of nitrogens with one attached hydrogen (secondary N) is 1. The normalized spacial score (nSPS) is 13.0. The summed E-state index contributed by atoms with van der Waals surface area (Å²) in [4.78, 5) is 32.3. The van der Waals surface area contributed by atoms with Crippen molar-refractivity contribution < 1.29 is 14.3 Å². The largest absolute Gasteiger partial charge is 0.462 e. The minimum atomic E-state index is -0.361. The Morgan fingerprint density at radius 2 is 1.90 bits per heavy atom. The van der Waals surface area contributed by atoms with Crippen molar-refractivity contribution in [3.05, 3.63) is 57.0 Å². The number of hydrogen-bond donors (Lipinski definition) is 1. The number of carbonyl (C=O) groups excluding carboxylic acids is 2. The first-order valence-electron chi connectivity index (χ1n) is 9.74. The summed E-state index contributed by atoms with van der Waals surface area (Å²) in [6, 6.07) is 9.77. The van der Waals surface area contributed by atoms with Crippen molar-refractivity contribution >= 4 is 39.6 Å². The minimum absolute atomic E-state index is 0.294. The number of nitrogens with zero attached hydrogens (tertiary/aromatic N) is 1. The standard InChI is InChI=1S/C22H22N2O3S2/c1-3-27-22(26)17-15-11-7-8-12-16(15)29-21(17)24-20(25)18-19(28-13(2)23-18)14-9-5-4-6-10-14/h4-6,9-10H,3,7-8,11-12H2,1-2H3,(H,24,25). The van der Waals surface area contributed by atoms with Crippen LogP contribution < -0.4 is 5.32 Å². The van der Waals surface area contributed by atoms with Crippen LogP contribution in [0, 0.1) is 6.92 Å². The van der Waals surface area contributed by atoms with E-state index in [-0.39, 0.29) is 11.9 Å². The van der Waals surface area contributed by atoms with E-state index in [4.69, 9.17) is 4.74 Å². The first-order valence-corrected chi connectivity index (χ1v) is 11.4. The average Bonchev–Trinajstić information content (AvgIpc) is 3.29. The summed E-state index contributed by atoms with van der Waals surface area (Å²) in [5.74, 6) is -0.655. The van der Waals surface area contributed by atoms with Crippen LogP contribution in [-0.2, 0) is 17.6 Å². The predicted molar refractivity (Wildman–Crippen MR) is 117 cm³/mol. The monoisotopic (exact) mass is 426 g/mol. The summed E-state index contributed by atoms with van der Waals surface area (Å²) in [5, 5.41) is 4.37. The molecule has 0 fully saturated rings. The molecule has 29 heavy (non-hydrogen) atoms. The van der Waals surface area contributed by atoms with E-state index in [0.29, 0.717) is 22.9 Å². The van der Waals surface area contributed by atoms with Gasteiger partial charge in [-0.15, -0.1) is 22.7 Å². The van der Waals surface area contributed by atoms with Gasteiger partial charge >= 0.3 is 5.97 Å². The van der Waals surface area contributed by atoms with Gasteiger partial charge in [-0.3, -0.25) is 4.79 Å². The number of aryl methyl sites for hydroxylation is 2. The van der Waals surface area contributed by atoms with Crippen molar-refractivity contribution in [2.24, 2.45) is 0 Å². The van der Waals surface area contributed by atoms with Crippen molar-refractivity contribution in [2.45, 2.75) is 39.5 Å². The number of fused-ring (bicyclic) bond motifs is 1. The second-order valence-electron chi connectivity index (χ2n) is 6.87. The van der Waals surface area contributed by atoms with Gasteiger partial charge in [0, 0.05) is 4.88 Å². The highest BCUT2D eigenvalue weighted by Crippen LogP contribution is 2.39. The lowest BCUT2D eigenvalue weighted by Gasteiger charge is -2.12. The van der Waals surface area contributed by atoms with E-state index in [1.807, 2.05) is 37.3 Å². The highest BCUT2D eigenvalue weighted by Gasteiger charge is 2.28. The summed E-state index contributed by atoms with van der Waals surface area (Å²) < 4.78 is 5.28. The van der Waals surface area contributed by atoms with Crippen molar-refractivity contribution in [2.75, 3.05) is 11.9 Å². The Morgan fingerprint density at radius 1 is 1.14 bits per heavy atom. The molecular formula is C22H22N2O3S2. The lowest BCUT2D eigenvalue weighted by atomic mass is 9.95. The summed E-state index contributed by atoms with van der Waals surface area (Å²) >= 11 is 2.98. The summed E-state index contributed by atoms with van der Waals surface area (Å²) in [5.41, 5.74) is 2.90. The molecule has 1 amide bonds. The molecule has 7 heteroatoms. The number of anilines is 1. The van der Waals surface area contributed by atoms with Crippen molar-refractivity contribution in [1.82, 2.24) is 4.98 Å². The summed E-state index contributed by atoms with van der Waals surface area (Å²) in [6.45, 7) is 3.99. The van der Waals surface area contributed by atoms with Gasteiger partial charge in [0.25, 0.3) is 5.91 Å². The predicted octanol–water partition coefficient (Wildman–Crippen LogP) is 5.49. The van der Waals surface area contributed by atoms with Gasteiger partial charge in [-0.2, -0.15) is 0 Å². The number of carbonyl (C=O) groups is 2. The fraction of sp³-hybridized carbons (Fsp3) is 0.318. The summed E-state index contributed by atoms with van der Waals surface area (Å²) in [6.07, 6.45) is 3.94. The number of thiazole rings is 1. The number of ether oxygens (including phenoxy) is 1. The van der Waals surface area contributed by atoms with Crippen LogP contribution >= 0.6 is 22.7 Å². The highest BCUT2D eigenvalue weighted by molar-refractivity contribution is 7.17. The molecule has 5 nitrogen and oxygen atoms in total. The van der Waals surface area contributed by atoms with Gasteiger partial charge in [0.1, 0.15) is 10.7 Å². The Kier molecular flexibility index (Phi) is 5.78. The molecule has 0 unspecified atom stereocenters. The minimum Gasteiger partial charge on any atom is -0.462 e. The van der Waals surface area contributed by atoms with E-state index in [1.54, 1.807) is 6.92 Å². The Hall–Kier alpha value is -2.51. The molecule has 1 aliphatic carbocycles. The van der Waals surface area contributed by atoms with E-state index in [2.05, 4.69) is 10.3 Å². The molecule has 150 valence electrons. The average molecular weight is 427 g/mol. The molecule has 0 bridgehead atoms. The molecule has 1 aliphatic rings. The quantitative estimate of drug-likeness (QED) is 0.548. The van der Waals surface area contributed by atoms with E-state index in [1.165, 1.54) is 27.6 Å². The first kappa shape index (κ1) is 19.8. The molecule has 2 heterocycles. The highest BCUT2D eigenvalue weighted by atomic mass is 32.1. The van der Waals surface area contributed by atoms with Crippen molar-refractivity contribution in [3.63, 3.8) is 0 Å². The van der Waals surface area contributed by atoms with Crippen molar-refractivity contribution in [3.8, 4) is 10.4 Å². The number of aromatic nitrogens is 1. The molecule has 1 aromatic carbocycles. The van der Waals surface area contributed by atoms with Crippen LogP contribution in [0.15, 0.2) is 30.3 Å². The van der Waals surface area contributed by atoms with Gasteiger partial charge in [-0.25, -0.2) is 9.78 Å². The van der Waals surface area contributed by atoms with Crippen LogP contribution in [0.2, 0.25) is 0 Å². The van der Waals surface area contributed by atoms with Gasteiger partial charge < -0.3 is 10.1 Å². The molecule has 0 radical (unpaired) electrons. The maximum absolute atomic E-state index is 13.2. The van der Waals surface area contributed by atoms with Gasteiger partial charge in [-0.05, 0) is 50.7 Å². The molecule has 0 atom stereocenters. The maximum atomic E-state index is 13.2. The molecule has 3 aromatic rings. The molecular weight excluding hydrogens is 404 g/mol. The zero-order valence-electron chi connectivity index (χ0n) is 16.4. The number of benzene rings is 1. The Labute approximate surface area is 177 Å². The van der Waals surface area contributed by atoms with Gasteiger partial charge in [-0.1, -0.05) is 30.3 Å². The van der Waals surface area contributed by atoms with E-state index in [9.17, 15) is 9.59 Å². The van der Waals surface area contributed by atoms with Crippen LogP contribution in [0.4, 0.5) is 5.00 Å². The third-order valence-electron chi connectivity index (χ3n) is 4.86. The lowest BCUT2D eigenvalue weighted by molar-refractivity contribution is 0.0526. The number of hydrogen-bond acceptors (Lipinski definition) is 6. The van der Waals surface area contributed by atoms with E-state index < -0.39 is 0 Å². The maximum Gasteiger partial charge on any atom is 0.341 e. The Morgan fingerprint density at radius 3 is 2.66 bits per heavy atom. The fourth-order valence-electron chi connectivity index (χ4n) is 3.60. The molecule has 1 N–H and O–H groups in total. The van der Waals surface area contributed by atoms with Crippen LogP contribution in [0.1, 0.15) is 56.1 Å². The second kappa shape index (κ2) is 8.47. The van der Waals surface area contributed by atoms with E-state index >= 15 is 0 Å². The first-order chi connectivity index (χ1) is 14.1. The fourth-order valence-corrected chi connectivity index (χ4v) is 5.80. The Balaban J connectivity index is 1.70. The van der Waals surface area contributed by atoms with E-state index in [0.717, 1.165) is 46.7 Å². The molecule has 0 aliphatic heterocycles. The van der Waals surface area contributed by atoms with Crippen LogP contribution in [0.5, 0.6) is 0 Å². The topological polar surface area (TPSA) is 68.3 Å². The summed E-state index contributed by atoms with van der Waals surface area (Å²) in [7, 11) is 0. The molecule has 2 aromatic heterocycles. The van der Waals surface area contributed by atoms with Gasteiger partial charge in [0.2, 0.25) is 0 Å². The molecule has 0 saturated heterocycles. The number of amides is 1. The number of esters is 1. The van der Waals surface area contributed by atoms with Crippen LogP contribution in [0.25, 0.3) is 10.4 Å². The van der Waals surface area contributed by atoms with Crippen molar-refractivity contribution in [1.29, 1.82) is 0 Å². The van der Waals surface area contributed by atoms with Gasteiger partial charge in [0.15, 0.2) is 0 Å². The SMILES string of the molecule is CCOC(=O)c1c(NC(=O)c2nc(C)sc2-c2ccccc2)sc2c1CCCC2. The second-order valence-corrected chi connectivity index (χ2v) is 9.17. The smallest absolute Gasteiger partial charge is 0.341 e. The molecule has 4 rings (SSSR count).